The van der Waals surface area contributed by atoms with Gasteiger partial charge >= 0.3 is 0 Å². The smallest absolute Gasteiger partial charge is 0.242 e. The monoisotopic (exact) mass is 852 g/mol. The predicted molar refractivity (Wildman–Crippen MR) is 245 cm³/mol. The Balaban J connectivity index is 1.86. The molecule has 1 fully saturated rings. The van der Waals surface area contributed by atoms with Crippen molar-refractivity contribution in [1.82, 2.24) is 42.2 Å². The number of H-pyrrole nitrogens is 1. The van der Waals surface area contributed by atoms with Gasteiger partial charge in [-0.2, -0.15) is 0 Å². The molecule has 5 atom stereocenters. The molecule has 13 N–H and O–H groups in total. The number of hydrogen-bond donors (Lipinski definition) is 11. The summed E-state index contributed by atoms with van der Waals surface area (Å²) in [5.41, 5.74) is 15.1. The molecular formula is C43H68N10O4S2. The summed E-state index contributed by atoms with van der Waals surface area (Å²) in [6, 6.07) is 5.96. The van der Waals surface area contributed by atoms with Crippen LogP contribution in [-0.2, 0) is 20.8 Å². The lowest BCUT2D eigenvalue weighted by Crippen LogP contribution is -2.49. The molecule has 0 aliphatic carbocycles. The molecule has 3 amide bonds. The van der Waals surface area contributed by atoms with Gasteiger partial charge in [-0.05, 0) is 63.5 Å². The molecule has 16 heteroatoms. The Labute approximate surface area is 358 Å². The lowest BCUT2D eigenvalue weighted by Gasteiger charge is -2.33. The summed E-state index contributed by atoms with van der Waals surface area (Å²) in [7, 11) is 2.91. The van der Waals surface area contributed by atoms with Gasteiger partial charge in [-0.3, -0.25) is 14.4 Å². The minimum Gasteiger partial charge on any atom is -0.390 e. The number of unbranched alkanes of at least 4 members (excludes halogenated alkanes) is 1. The molecule has 1 saturated heterocycles. The zero-order chi connectivity index (χ0) is 43.5. The zero-order valence-corrected chi connectivity index (χ0v) is 36.8. The van der Waals surface area contributed by atoms with Crippen molar-refractivity contribution in [3.8, 4) is 0 Å². The Morgan fingerprint density at radius 2 is 1.69 bits per heavy atom. The SMILES string of the molecule is C=C(N)NCCCCC1NC(=O)CCSSCC(C(N)=O)NC(=C)C(C)CCCNC(=C)C(Cc2c[nH]c3ccccc23)NC(=C)C(CC(C)(C)O)NC(=C)CNC1=O. The number of hydrogen-bond acceptors (Lipinski definition) is 12. The quantitative estimate of drug-likeness (QED) is 0.115. The third-order valence-corrected chi connectivity index (χ3v) is 12.4. The number of para-hydroxylation sites is 1. The summed E-state index contributed by atoms with van der Waals surface area (Å²) in [4.78, 5) is 42.4. The van der Waals surface area contributed by atoms with Crippen LogP contribution in [0.2, 0.25) is 0 Å². The van der Waals surface area contributed by atoms with E-state index in [1.165, 1.54) is 21.6 Å². The minimum atomic E-state index is -1.07. The molecule has 0 saturated carbocycles. The molecule has 59 heavy (non-hydrogen) atoms. The number of aromatic nitrogens is 1. The fraction of sp³-hybridized carbons (Fsp3) is 0.512. The Morgan fingerprint density at radius 1 is 0.949 bits per heavy atom. The van der Waals surface area contributed by atoms with Crippen LogP contribution < -0.4 is 48.7 Å². The first-order valence-electron chi connectivity index (χ1n) is 20.3. The van der Waals surface area contributed by atoms with Crippen molar-refractivity contribution in [3.05, 3.63) is 97.5 Å². The van der Waals surface area contributed by atoms with Gasteiger partial charge in [0.25, 0.3) is 0 Å². The van der Waals surface area contributed by atoms with Crippen molar-refractivity contribution in [2.45, 2.75) is 102 Å². The third kappa shape index (κ3) is 18.0. The molecule has 326 valence electrons. The first kappa shape index (κ1) is 48.7. The van der Waals surface area contributed by atoms with Crippen molar-refractivity contribution < 1.29 is 19.5 Å². The Bertz CT molecular complexity index is 1770. The average Bonchev–Trinajstić information content (AvgIpc) is 3.57. The second kappa shape index (κ2) is 24.4. The summed E-state index contributed by atoms with van der Waals surface area (Å²) >= 11 is 0. The number of carbonyl (C=O) groups excluding carboxylic acids is 3. The molecular weight excluding hydrogens is 785 g/mol. The van der Waals surface area contributed by atoms with E-state index in [-0.39, 0.29) is 43.2 Å². The van der Waals surface area contributed by atoms with Crippen LogP contribution in [0.5, 0.6) is 0 Å². The number of aliphatic hydroxyl groups is 1. The molecule has 0 spiro atoms. The maximum atomic E-state index is 13.6. The van der Waals surface area contributed by atoms with Crippen LogP contribution in [0, 0.1) is 5.92 Å². The molecule has 1 aromatic carbocycles. The zero-order valence-electron chi connectivity index (χ0n) is 35.1. The number of rotatable bonds is 11. The van der Waals surface area contributed by atoms with Gasteiger partial charge in [0.15, 0.2) is 0 Å². The molecule has 1 aliphatic heterocycles. The van der Waals surface area contributed by atoms with E-state index in [9.17, 15) is 19.5 Å². The average molecular weight is 853 g/mol. The van der Waals surface area contributed by atoms with Crippen molar-refractivity contribution in [2.75, 3.05) is 31.1 Å². The first-order chi connectivity index (χ1) is 27.9. The van der Waals surface area contributed by atoms with Gasteiger partial charge in [-0.25, -0.2) is 0 Å². The molecule has 2 aromatic rings. The van der Waals surface area contributed by atoms with E-state index in [1.54, 1.807) is 13.8 Å². The Hall–Kier alpha value is -4.67. The maximum absolute atomic E-state index is 13.6. The van der Waals surface area contributed by atoms with Crippen LogP contribution >= 0.6 is 21.6 Å². The van der Waals surface area contributed by atoms with Gasteiger partial charge in [-0.1, -0.05) is 79.6 Å². The summed E-state index contributed by atoms with van der Waals surface area (Å²) < 4.78 is 0. The fourth-order valence-corrected chi connectivity index (χ4v) is 8.73. The number of fused-ring (bicyclic) bond motifs is 1. The first-order valence-corrected chi connectivity index (χ1v) is 22.8. The summed E-state index contributed by atoms with van der Waals surface area (Å²) in [6.45, 7) is 27.8. The Kier molecular flexibility index (Phi) is 20.2. The van der Waals surface area contributed by atoms with Crippen LogP contribution in [0.3, 0.4) is 0 Å². The molecule has 1 aliphatic rings. The highest BCUT2D eigenvalue weighted by Gasteiger charge is 2.27. The number of carbonyl (C=O) groups is 3. The van der Waals surface area contributed by atoms with Crippen LogP contribution in [-0.4, -0.2) is 88.7 Å². The number of nitrogens with one attached hydrogen (secondary N) is 8. The lowest BCUT2D eigenvalue weighted by molar-refractivity contribution is -0.128. The Morgan fingerprint density at radius 3 is 2.41 bits per heavy atom. The molecule has 5 unspecified atom stereocenters. The summed E-state index contributed by atoms with van der Waals surface area (Å²) in [6.07, 6.45) is 6.45. The van der Waals surface area contributed by atoms with E-state index < -0.39 is 29.6 Å². The second-order valence-electron chi connectivity index (χ2n) is 15.9. The summed E-state index contributed by atoms with van der Waals surface area (Å²) in [5.74, 6) is 0.216. The normalized spacial score (nSPS) is 23.2. The largest absolute Gasteiger partial charge is 0.390 e. The van der Waals surface area contributed by atoms with Gasteiger partial charge in [0.2, 0.25) is 17.7 Å². The highest BCUT2D eigenvalue weighted by molar-refractivity contribution is 8.76. The fourth-order valence-electron chi connectivity index (χ4n) is 6.56. The van der Waals surface area contributed by atoms with E-state index >= 15 is 0 Å². The molecule has 1 aromatic heterocycles. The third-order valence-electron chi connectivity index (χ3n) is 9.98. The van der Waals surface area contributed by atoms with E-state index in [0.29, 0.717) is 67.5 Å². The van der Waals surface area contributed by atoms with Crippen molar-refractivity contribution in [3.63, 3.8) is 0 Å². The highest BCUT2D eigenvalue weighted by Crippen LogP contribution is 2.25. The van der Waals surface area contributed by atoms with E-state index in [0.717, 1.165) is 40.7 Å². The van der Waals surface area contributed by atoms with E-state index in [2.05, 4.69) is 88.1 Å². The van der Waals surface area contributed by atoms with Crippen LogP contribution in [0.4, 0.5) is 0 Å². The molecule has 0 radical (unpaired) electrons. The minimum absolute atomic E-state index is 0.0649. The molecule has 2 heterocycles. The second-order valence-corrected chi connectivity index (χ2v) is 18.5. The van der Waals surface area contributed by atoms with Gasteiger partial charge in [0.05, 0.1) is 30.1 Å². The summed E-state index contributed by atoms with van der Waals surface area (Å²) in [5, 5.41) is 34.7. The van der Waals surface area contributed by atoms with Crippen molar-refractivity contribution in [1.29, 1.82) is 0 Å². The van der Waals surface area contributed by atoms with Gasteiger partial charge in [-0.15, -0.1) is 0 Å². The van der Waals surface area contributed by atoms with Crippen molar-refractivity contribution >= 4 is 50.2 Å². The molecule has 0 bridgehead atoms. The number of primary amides is 1. The number of nitrogens with two attached hydrogens (primary N) is 2. The molecule has 14 nitrogen and oxygen atoms in total. The van der Waals surface area contributed by atoms with Crippen LogP contribution in [0.15, 0.2) is 92.0 Å². The number of benzene rings is 1. The van der Waals surface area contributed by atoms with Crippen LogP contribution in [0.25, 0.3) is 10.9 Å². The predicted octanol–water partition coefficient (Wildman–Crippen LogP) is 3.87. The van der Waals surface area contributed by atoms with Crippen LogP contribution in [0.1, 0.15) is 71.3 Å². The van der Waals surface area contributed by atoms with Gasteiger partial charge < -0.3 is 58.8 Å². The van der Waals surface area contributed by atoms with Crippen molar-refractivity contribution in [2.24, 2.45) is 17.4 Å². The van der Waals surface area contributed by atoms with E-state index in [1.807, 2.05) is 24.4 Å². The maximum Gasteiger partial charge on any atom is 0.242 e. The standard InChI is InChI=1S/C43H68N10O4S2/c1-27-14-13-20-46-30(4)37(22-33-25-48-35-16-10-9-15-34(33)35)52-31(5)38(23-43(7,8)57)50-28(2)24-49-42(56)36(17-11-12-19-47-32(6)44)53-40(54)18-21-58-59-26-39(41(45)55)51-29(27)3/h9-10,15-16,25,27,36-39,46-48,50-52,57H,2-6,11-14,17-24,26,44H2,1,7-8H3,(H2,45,55)(H,49,56)(H,53,54). The van der Waals surface area contributed by atoms with E-state index in [4.69, 9.17) is 11.5 Å². The number of amides is 3. The number of allylic oxidation sites excluding steroid dienone is 1. The molecule has 3 rings (SSSR count). The lowest BCUT2D eigenvalue weighted by atomic mass is 9.95. The van der Waals surface area contributed by atoms with Gasteiger partial charge in [0, 0.05) is 83.7 Å². The number of aromatic amines is 1. The van der Waals surface area contributed by atoms with Gasteiger partial charge in [0.1, 0.15) is 12.1 Å². The highest BCUT2D eigenvalue weighted by atomic mass is 33.1. The topological polar surface area (TPSA) is 223 Å².